The first-order valence-corrected chi connectivity index (χ1v) is 14.7. The number of unbranched alkanes of at least 4 members (excludes halogenated alkanes) is 2. The van der Waals surface area contributed by atoms with Gasteiger partial charge in [-0.2, -0.15) is 0 Å². The zero-order valence-electron chi connectivity index (χ0n) is 24.3. The van der Waals surface area contributed by atoms with E-state index in [2.05, 4.69) is 10.6 Å². The van der Waals surface area contributed by atoms with E-state index in [4.69, 9.17) is 17.2 Å². The van der Waals surface area contributed by atoms with Crippen LogP contribution in [-0.2, 0) is 24.0 Å². The predicted octanol–water partition coefficient (Wildman–Crippen LogP) is -1.77. The molecular formula is C27H49N7O7. The van der Waals surface area contributed by atoms with Crippen LogP contribution in [0.3, 0.4) is 0 Å². The van der Waals surface area contributed by atoms with Gasteiger partial charge in [-0.1, -0.05) is 20.3 Å². The molecule has 0 aromatic rings. The maximum absolute atomic E-state index is 13.7. The Kier molecular flexibility index (Phi) is 13.9. The van der Waals surface area contributed by atoms with Gasteiger partial charge in [0.05, 0.1) is 12.1 Å². The van der Waals surface area contributed by atoms with Crippen molar-refractivity contribution in [3.63, 3.8) is 0 Å². The molecule has 0 aromatic heterocycles. The number of nitrogens with zero attached hydrogens (tertiary/aromatic N) is 2. The maximum Gasteiger partial charge on any atom is 0.326 e. The first kappa shape index (κ1) is 34.4. The fraction of sp³-hybridized carbons (Fsp3) is 0.815. The molecule has 0 saturated carbocycles. The highest BCUT2D eigenvalue weighted by atomic mass is 16.4. The smallest absolute Gasteiger partial charge is 0.326 e. The molecule has 234 valence electrons. The first-order chi connectivity index (χ1) is 19.4. The molecular weight excluding hydrogens is 534 g/mol. The molecule has 0 aliphatic carbocycles. The molecule has 2 heterocycles. The van der Waals surface area contributed by atoms with Crippen LogP contribution in [0.2, 0.25) is 0 Å². The number of nitrogens with one attached hydrogen (secondary N) is 2. The van der Waals surface area contributed by atoms with Crippen LogP contribution in [0.5, 0.6) is 0 Å². The number of carboxylic acids is 1. The lowest BCUT2D eigenvalue weighted by molar-refractivity contribution is -0.150. The van der Waals surface area contributed by atoms with E-state index in [-0.39, 0.29) is 31.8 Å². The third-order valence-electron chi connectivity index (χ3n) is 7.78. The zero-order valence-corrected chi connectivity index (χ0v) is 24.3. The average molecular weight is 584 g/mol. The Hall–Kier alpha value is -2.81. The summed E-state index contributed by atoms with van der Waals surface area (Å²) in [7, 11) is 0. The fourth-order valence-corrected chi connectivity index (χ4v) is 5.40. The van der Waals surface area contributed by atoms with Crippen LogP contribution < -0.4 is 27.8 Å². The first-order valence-electron chi connectivity index (χ1n) is 14.7. The summed E-state index contributed by atoms with van der Waals surface area (Å²) in [5, 5.41) is 25.4. The second-order valence-electron chi connectivity index (χ2n) is 11.4. The number of likely N-dealkylation sites (tertiary alicyclic amines) is 2. The Balaban J connectivity index is 2.18. The summed E-state index contributed by atoms with van der Waals surface area (Å²) in [5.74, 6) is -3.59. The Morgan fingerprint density at radius 2 is 1.54 bits per heavy atom. The minimum Gasteiger partial charge on any atom is -0.480 e. The molecule has 0 spiro atoms. The van der Waals surface area contributed by atoms with Gasteiger partial charge in [-0.15, -0.1) is 0 Å². The zero-order chi connectivity index (χ0) is 30.7. The van der Waals surface area contributed by atoms with Crippen molar-refractivity contribution in [2.24, 2.45) is 23.1 Å². The lowest BCUT2D eigenvalue weighted by Crippen LogP contribution is -2.59. The van der Waals surface area contributed by atoms with E-state index in [0.717, 1.165) is 6.42 Å². The lowest BCUT2D eigenvalue weighted by Gasteiger charge is -2.32. The SMILES string of the molecule is CC(C)[C@H](NC(=O)[C@@H]1C[C@@H](O)CN1C(=O)[C@H](CCCCN)NC(=O)[C@@H](N)CCCCN)C(=O)N1CCC[C@H]1C(=O)O. The number of hydrogen-bond donors (Lipinski definition) is 7. The molecule has 14 heteroatoms. The van der Waals surface area contributed by atoms with Crippen LogP contribution in [0.25, 0.3) is 0 Å². The number of amides is 4. The van der Waals surface area contributed by atoms with Crippen molar-refractivity contribution in [3.8, 4) is 0 Å². The standard InChI is InChI=1S/C27H49N7O7/c1-16(2)22(26(39)33-13-7-10-20(33)27(40)41)32-24(37)21-14-17(35)15-34(21)25(38)19(9-4-6-12-29)31-23(36)18(30)8-3-5-11-28/h16-22,35H,3-15,28-30H2,1-2H3,(H,31,36)(H,32,37)(H,40,41)/t17-,18+,19+,20+,21+,22+/m1/s1. The van der Waals surface area contributed by atoms with Crippen molar-refractivity contribution in [3.05, 3.63) is 0 Å². The van der Waals surface area contributed by atoms with Crippen molar-refractivity contribution in [1.29, 1.82) is 0 Å². The van der Waals surface area contributed by atoms with E-state index in [0.29, 0.717) is 51.6 Å². The summed E-state index contributed by atoms with van der Waals surface area (Å²) in [6.07, 6.45) is 3.11. The monoisotopic (exact) mass is 583 g/mol. The number of hydrogen-bond acceptors (Lipinski definition) is 9. The highest BCUT2D eigenvalue weighted by Gasteiger charge is 2.44. The second-order valence-corrected chi connectivity index (χ2v) is 11.4. The molecule has 41 heavy (non-hydrogen) atoms. The highest BCUT2D eigenvalue weighted by molar-refractivity contribution is 5.96. The summed E-state index contributed by atoms with van der Waals surface area (Å²) >= 11 is 0. The van der Waals surface area contributed by atoms with Gasteiger partial charge in [0.15, 0.2) is 0 Å². The third-order valence-corrected chi connectivity index (χ3v) is 7.78. The normalized spacial score (nSPS) is 22.9. The molecule has 2 aliphatic heterocycles. The summed E-state index contributed by atoms with van der Waals surface area (Å²) in [6, 6.07) is -4.84. The summed E-state index contributed by atoms with van der Waals surface area (Å²) < 4.78 is 0. The van der Waals surface area contributed by atoms with Crippen LogP contribution in [-0.4, -0.2) is 112 Å². The van der Waals surface area contributed by atoms with Crippen molar-refractivity contribution in [1.82, 2.24) is 20.4 Å². The molecule has 10 N–H and O–H groups in total. The van der Waals surface area contributed by atoms with Crippen LogP contribution in [0.15, 0.2) is 0 Å². The maximum atomic E-state index is 13.7. The van der Waals surface area contributed by atoms with E-state index in [1.807, 2.05) is 0 Å². The largest absolute Gasteiger partial charge is 0.480 e. The number of aliphatic hydroxyl groups excluding tert-OH is 1. The van der Waals surface area contributed by atoms with E-state index in [1.165, 1.54) is 9.80 Å². The third kappa shape index (κ3) is 9.62. The van der Waals surface area contributed by atoms with Gasteiger partial charge in [0.1, 0.15) is 24.2 Å². The van der Waals surface area contributed by atoms with E-state index in [1.54, 1.807) is 13.8 Å². The van der Waals surface area contributed by atoms with E-state index >= 15 is 0 Å². The summed E-state index contributed by atoms with van der Waals surface area (Å²) in [5.41, 5.74) is 17.2. The number of carboxylic acid groups (broad SMARTS) is 1. The van der Waals surface area contributed by atoms with Crippen LogP contribution >= 0.6 is 0 Å². The molecule has 2 aliphatic rings. The van der Waals surface area contributed by atoms with Crippen molar-refractivity contribution >= 4 is 29.6 Å². The number of aliphatic hydroxyl groups is 1. The Bertz CT molecular complexity index is 918. The molecule has 2 rings (SSSR count). The fourth-order valence-electron chi connectivity index (χ4n) is 5.40. The van der Waals surface area contributed by atoms with Crippen molar-refractivity contribution in [2.75, 3.05) is 26.2 Å². The van der Waals surface area contributed by atoms with Crippen LogP contribution in [0.1, 0.15) is 71.6 Å². The Morgan fingerprint density at radius 1 is 0.902 bits per heavy atom. The van der Waals surface area contributed by atoms with Gasteiger partial charge in [0.25, 0.3) is 0 Å². The number of aliphatic carboxylic acids is 1. The predicted molar refractivity (Wildman–Crippen MR) is 151 cm³/mol. The molecule has 14 nitrogen and oxygen atoms in total. The number of rotatable bonds is 16. The molecule has 0 bridgehead atoms. The van der Waals surface area contributed by atoms with Gasteiger partial charge >= 0.3 is 5.97 Å². The van der Waals surface area contributed by atoms with Gasteiger partial charge < -0.3 is 47.8 Å². The molecule has 0 unspecified atom stereocenters. The van der Waals surface area contributed by atoms with Crippen molar-refractivity contribution in [2.45, 2.75) is 108 Å². The number of carbonyl (C=O) groups excluding carboxylic acids is 4. The van der Waals surface area contributed by atoms with Crippen molar-refractivity contribution < 1.29 is 34.2 Å². The number of carbonyl (C=O) groups is 5. The van der Waals surface area contributed by atoms with E-state index in [9.17, 15) is 34.2 Å². The lowest BCUT2D eigenvalue weighted by atomic mass is 10.0. The summed E-state index contributed by atoms with van der Waals surface area (Å²) in [6.45, 7) is 4.53. The van der Waals surface area contributed by atoms with Crippen LogP contribution in [0, 0.1) is 5.92 Å². The second kappa shape index (κ2) is 16.6. The minimum absolute atomic E-state index is 0.0416. The van der Waals surface area contributed by atoms with Crippen LogP contribution in [0.4, 0.5) is 0 Å². The molecule has 0 radical (unpaired) electrons. The Labute approximate surface area is 241 Å². The molecule has 0 aromatic carbocycles. The average Bonchev–Trinajstić information content (AvgIpc) is 3.57. The van der Waals surface area contributed by atoms with Gasteiger partial charge in [0.2, 0.25) is 23.6 Å². The summed E-state index contributed by atoms with van der Waals surface area (Å²) in [4.78, 5) is 67.4. The Morgan fingerprint density at radius 3 is 2.12 bits per heavy atom. The highest BCUT2D eigenvalue weighted by Crippen LogP contribution is 2.23. The molecule has 6 atom stereocenters. The minimum atomic E-state index is -1.10. The molecule has 2 saturated heterocycles. The number of nitrogens with two attached hydrogens (primary N) is 3. The topological polar surface area (TPSA) is 234 Å². The molecule has 2 fully saturated rings. The van der Waals surface area contributed by atoms with Gasteiger partial charge in [0, 0.05) is 19.5 Å². The van der Waals surface area contributed by atoms with Gasteiger partial charge in [-0.3, -0.25) is 19.2 Å². The van der Waals surface area contributed by atoms with Gasteiger partial charge in [-0.25, -0.2) is 4.79 Å². The molecule has 4 amide bonds. The van der Waals surface area contributed by atoms with Gasteiger partial charge in [-0.05, 0) is 64.0 Å². The van der Waals surface area contributed by atoms with E-state index < -0.39 is 65.9 Å². The quantitative estimate of drug-likeness (QED) is 0.101. The number of β-amino-alcohol motifs (C(OH)–C–C–N with tert-alkyl or cyclic N) is 1.